The molecule has 7 nitrogen and oxygen atoms in total. The normalized spacial score (nSPS) is 20.7. The zero-order valence-electron chi connectivity index (χ0n) is 20.6. The molecule has 0 spiro atoms. The molecule has 0 aromatic carbocycles. The van der Waals surface area contributed by atoms with Crippen molar-refractivity contribution in [2.75, 3.05) is 0 Å². The Morgan fingerprint density at radius 1 is 1.24 bits per heavy atom. The first-order valence-electron chi connectivity index (χ1n) is 11.7. The van der Waals surface area contributed by atoms with Crippen LogP contribution in [0, 0.1) is 10.8 Å². The van der Waals surface area contributed by atoms with Crippen LogP contribution in [0.15, 0.2) is 41.5 Å². The Hall–Kier alpha value is -2.96. The van der Waals surface area contributed by atoms with E-state index in [1.54, 1.807) is 36.1 Å². The number of nitrogens with one attached hydrogen (secondary N) is 1. The molecule has 0 aliphatic heterocycles. The molecule has 0 saturated heterocycles. The summed E-state index contributed by atoms with van der Waals surface area (Å²) in [7, 11) is 1.79. The first kappa shape index (κ1) is 23.2. The van der Waals surface area contributed by atoms with Gasteiger partial charge in [0.1, 0.15) is 0 Å². The Morgan fingerprint density at radius 2 is 2.00 bits per heavy atom. The predicted octanol–water partition coefficient (Wildman–Crippen LogP) is 4.27. The number of nitrogens with zero attached hydrogens (tertiary/aromatic N) is 4. The van der Waals surface area contributed by atoms with E-state index in [9.17, 15) is 9.59 Å². The van der Waals surface area contributed by atoms with Gasteiger partial charge in [-0.25, -0.2) is 9.78 Å². The second-order valence-corrected chi connectivity index (χ2v) is 11.3. The fourth-order valence-electron chi connectivity index (χ4n) is 4.85. The van der Waals surface area contributed by atoms with Gasteiger partial charge in [-0.3, -0.25) is 18.9 Å². The predicted molar refractivity (Wildman–Crippen MR) is 130 cm³/mol. The van der Waals surface area contributed by atoms with Gasteiger partial charge in [0.25, 0.3) is 5.91 Å². The zero-order chi connectivity index (χ0) is 24.0. The molecule has 4 rings (SSSR count). The maximum atomic E-state index is 12.9. The Labute approximate surface area is 195 Å². The van der Waals surface area contributed by atoms with Crippen molar-refractivity contribution in [1.29, 1.82) is 0 Å². The average Bonchev–Trinajstić information content (AvgIpc) is 2.99. The van der Waals surface area contributed by atoms with Crippen molar-refractivity contribution >= 4 is 17.1 Å². The van der Waals surface area contributed by atoms with Crippen LogP contribution in [-0.2, 0) is 13.6 Å². The summed E-state index contributed by atoms with van der Waals surface area (Å²) in [4.78, 5) is 34.7. The third kappa shape index (κ3) is 4.72. The molecule has 1 saturated carbocycles. The van der Waals surface area contributed by atoms with E-state index < -0.39 is 0 Å². The third-order valence-electron chi connectivity index (χ3n) is 6.88. The molecule has 1 amide bonds. The fraction of sp³-hybridized carbons (Fsp3) is 0.538. The van der Waals surface area contributed by atoms with Crippen LogP contribution in [0.5, 0.6) is 0 Å². The molecule has 1 fully saturated rings. The van der Waals surface area contributed by atoms with Crippen molar-refractivity contribution in [2.45, 2.75) is 72.4 Å². The fourth-order valence-corrected chi connectivity index (χ4v) is 4.85. The van der Waals surface area contributed by atoms with Gasteiger partial charge in [0.2, 0.25) is 0 Å². The maximum Gasteiger partial charge on any atom is 0.330 e. The average molecular weight is 450 g/mol. The van der Waals surface area contributed by atoms with E-state index in [4.69, 9.17) is 4.98 Å². The number of carbonyl (C=O) groups is 1. The number of hydrogen-bond acceptors (Lipinski definition) is 4. The van der Waals surface area contributed by atoms with Crippen LogP contribution in [0.3, 0.4) is 0 Å². The molecular formula is C26H35N5O2. The molecule has 3 heterocycles. The van der Waals surface area contributed by atoms with Crippen molar-refractivity contribution < 1.29 is 4.79 Å². The third-order valence-corrected chi connectivity index (χ3v) is 6.88. The summed E-state index contributed by atoms with van der Waals surface area (Å²) in [6.45, 7) is 11.5. The van der Waals surface area contributed by atoms with Gasteiger partial charge in [0.15, 0.2) is 5.65 Å². The summed E-state index contributed by atoms with van der Waals surface area (Å²) in [6.07, 6.45) is 6.07. The minimum Gasteiger partial charge on any atom is -0.349 e. The molecule has 0 bridgehead atoms. The maximum absolute atomic E-state index is 12.9. The standard InChI is InChI=1S/C26H35N5O2/c1-25(2,3)16-31-20-10-9-19(28-22(20)30(6)24(31)33)17-11-12-26(4,5)21(14-17)29-23(32)18-8-7-13-27-15-18/h7-10,13,15,17,21H,11-12,14,16H2,1-6H3,(H,29,32). The summed E-state index contributed by atoms with van der Waals surface area (Å²) in [5.74, 6) is 0.134. The number of carbonyl (C=O) groups excluding carboxylic acids is 1. The lowest BCUT2D eigenvalue weighted by molar-refractivity contribution is 0.0836. The van der Waals surface area contributed by atoms with Crippen molar-refractivity contribution in [3.05, 3.63) is 58.4 Å². The van der Waals surface area contributed by atoms with Crippen molar-refractivity contribution in [3.63, 3.8) is 0 Å². The number of imidazole rings is 1. The van der Waals surface area contributed by atoms with Crippen LogP contribution in [0.25, 0.3) is 11.2 Å². The van der Waals surface area contributed by atoms with E-state index in [1.807, 2.05) is 10.6 Å². The lowest BCUT2D eigenvalue weighted by Crippen LogP contribution is -2.48. The summed E-state index contributed by atoms with van der Waals surface area (Å²) in [6, 6.07) is 7.68. The minimum absolute atomic E-state index is 0.00850. The van der Waals surface area contributed by atoms with Crippen LogP contribution < -0.4 is 11.0 Å². The Bertz CT molecular complexity index is 1220. The number of fused-ring (bicyclic) bond motifs is 1. The molecule has 0 radical (unpaired) electrons. The second-order valence-electron chi connectivity index (χ2n) is 11.3. The van der Waals surface area contributed by atoms with Crippen LogP contribution in [0.4, 0.5) is 0 Å². The van der Waals surface area contributed by atoms with Gasteiger partial charge < -0.3 is 5.32 Å². The van der Waals surface area contributed by atoms with E-state index >= 15 is 0 Å². The first-order valence-corrected chi connectivity index (χ1v) is 11.7. The summed E-state index contributed by atoms with van der Waals surface area (Å²) >= 11 is 0. The van der Waals surface area contributed by atoms with Gasteiger partial charge in [-0.05, 0) is 54.4 Å². The number of aromatic nitrogens is 4. The molecule has 1 aliphatic carbocycles. The molecule has 2 atom stereocenters. The van der Waals surface area contributed by atoms with Gasteiger partial charge in [-0.2, -0.15) is 0 Å². The number of hydrogen-bond donors (Lipinski definition) is 1. The molecule has 3 aromatic rings. The molecule has 33 heavy (non-hydrogen) atoms. The minimum atomic E-state index is -0.0908. The van der Waals surface area contributed by atoms with E-state index in [-0.39, 0.29) is 34.4 Å². The number of rotatable bonds is 4. The molecule has 176 valence electrons. The molecule has 3 aromatic heterocycles. The number of pyridine rings is 2. The summed E-state index contributed by atoms with van der Waals surface area (Å²) in [5.41, 5.74) is 3.11. The molecule has 1 N–H and O–H groups in total. The highest BCUT2D eigenvalue weighted by Crippen LogP contribution is 2.42. The molecule has 2 unspecified atom stereocenters. The van der Waals surface area contributed by atoms with Crippen molar-refractivity contribution in [2.24, 2.45) is 17.9 Å². The smallest absolute Gasteiger partial charge is 0.330 e. The zero-order valence-corrected chi connectivity index (χ0v) is 20.6. The van der Waals surface area contributed by atoms with E-state index in [0.29, 0.717) is 12.1 Å². The topological polar surface area (TPSA) is 81.8 Å². The SMILES string of the molecule is Cn1c(=O)n(CC(C)(C)C)c2ccc(C3CCC(C)(C)C(NC(=O)c4cccnc4)C3)nc21. The van der Waals surface area contributed by atoms with Crippen LogP contribution in [0.2, 0.25) is 0 Å². The van der Waals surface area contributed by atoms with Crippen molar-refractivity contribution in [1.82, 2.24) is 24.4 Å². The monoisotopic (exact) mass is 449 g/mol. The van der Waals surface area contributed by atoms with Gasteiger partial charge in [0, 0.05) is 43.6 Å². The first-order chi connectivity index (χ1) is 15.5. The Kier molecular flexibility index (Phi) is 5.93. The highest BCUT2D eigenvalue weighted by atomic mass is 16.2. The number of aryl methyl sites for hydroxylation is 1. The van der Waals surface area contributed by atoms with Gasteiger partial charge in [-0.1, -0.05) is 34.6 Å². The van der Waals surface area contributed by atoms with Crippen LogP contribution in [0.1, 0.15) is 75.9 Å². The second kappa shape index (κ2) is 8.43. The van der Waals surface area contributed by atoms with E-state index in [1.165, 1.54) is 0 Å². The molecule has 7 heteroatoms. The van der Waals surface area contributed by atoms with Gasteiger partial charge in [-0.15, -0.1) is 0 Å². The van der Waals surface area contributed by atoms with Crippen LogP contribution >= 0.6 is 0 Å². The molecule has 1 aliphatic rings. The quantitative estimate of drug-likeness (QED) is 0.645. The summed E-state index contributed by atoms with van der Waals surface area (Å²) in [5, 5.41) is 3.25. The highest BCUT2D eigenvalue weighted by molar-refractivity contribution is 5.94. The molecular weight excluding hydrogens is 414 g/mol. The van der Waals surface area contributed by atoms with Crippen LogP contribution in [-0.4, -0.2) is 31.1 Å². The lowest BCUT2D eigenvalue weighted by Gasteiger charge is -2.42. The highest BCUT2D eigenvalue weighted by Gasteiger charge is 2.38. The largest absolute Gasteiger partial charge is 0.349 e. The van der Waals surface area contributed by atoms with E-state index in [2.05, 4.69) is 51.0 Å². The van der Waals surface area contributed by atoms with Crippen molar-refractivity contribution in [3.8, 4) is 0 Å². The summed E-state index contributed by atoms with van der Waals surface area (Å²) < 4.78 is 3.48. The van der Waals surface area contributed by atoms with E-state index in [0.717, 1.165) is 36.1 Å². The Morgan fingerprint density at radius 3 is 2.67 bits per heavy atom. The van der Waals surface area contributed by atoms with Gasteiger partial charge in [0.05, 0.1) is 11.1 Å². The Balaban J connectivity index is 1.61. The lowest BCUT2D eigenvalue weighted by atomic mass is 9.68. The number of amides is 1. The van der Waals surface area contributed by atoms with Gasteiger partial charge >= 0.3 is 5.69 Å².